The highest BCUT2D eigenvalue weighted by Gasteiger charge is 2.10. The van der Waals surface area contributed by atoms with Gasteiger partial charge < -0.3 is 15.2 Å². The number of nitrogens with two attached hydrogens (primary N) is 1. The fourth-order valence-electron chi connectivity index (χ4n) is 1.13. The maximum absolute atomic E-state index is 10.4. The van der Waals surface area contributed by atoms with E-state index in [1.165, 1.54) is 20.3 Å². The summed E-state index contributed by atoms with van der Waals surface area (Å²) in [5.41, 5.74) is 5.80. The highest BCUT2D eigenvalue weighted by atomic mass is 16.6. The quantitative estimate of drug-likeness (QED) is 0.494. The zero-order valence-electron chi connectivity index (χ0n) is 12.0. The Morgan fingerprint density at radius 1 is 1.24 bits per heavy atom. The molecular formula is C12H17N3O6. The van der Waals surface area contributed by atoms with Crippen LogP contribution < -0.4 is 5.73 Å². The van der Waals surface area contributed by atoms with Crippen LogP contribution in [0.5, 0.6) is 0 Å². The molecular weight excluding hydrogens is 282 g/mol. The van der Waals surface area contributed by atoms with E-state index >= 15 is 0 Å². The van der Waals surface area contributed by atoms with Gasteiger partial charge in [-0.25, -0.2) is 4.98 Å². The predicted molar refractivity (Wildman–Crippen MR) is 73.3 cm³/mol. The average molecular weight is 299 g/mol. The van der Waals surface area contributed by atoms with E-state index in [0.29, 0.717) is 5.69 Å². The normalized spacial score (nSPS) is 9.10. The molecule has 0 aliphatic carbocycles. The molecule has 116 valence electrons. The van der Waals surface area contributed by atoms with Gasteiger partial charge in [-0.1, -0.05) is 0 Å². The van der Waals surface area contributed by atoms with E-state index in [-0.39, 0.29) is 24.3 Å². The maximum Gasteiger partial charge on any atom is 0.311 e. The predicted octanol–water partition coefficient (Wildman–Crippen LogP) is 0.993. The number of hydrogen-bond acceptors (Lipinski definition) is 8. The molecule has 0 unspecified atom stereocenters. The first-order chi connectivity index (χ1) is 9.81. The van der Waals surface area contributed by atoms with Crippen LogP contribution in [-0.2, 0) is 19.1 Å². The number of aromatic nitrogens is 1. The third-order valence-corrected chi connectivity index (χ3v) is 2.23. The van der Waals surface area contributed by atoms with Crippen molar-refractivity contribution in [3.63, 3.8) is 0 Å². The maximum atomic E-state index is 10.4. The van der Waals surface area contributed by atoms with Crippen molar-refractivity contribution in [2.75, 3.05) is 20.0 Å². The fourth-order valence-corrected chi connectivity index (χ4v) is 1.13. The number of ether oxygens (including phenoxy) is 2. The number of aryl methyl sites for hydroxylation is 1. The number of carbonyl (C=O) groups is 2. The number of anilines is 1. The fraction of sp³-hybridized carbons (Fsp3) is 0.417. The summed E-state index contributed by atoms with van der Waals surface area (Å²) >= 11 is 0. The van der Waals surface area contributed by atoms with Gasteiger partial charge in [0, 0.05) is 11.8 Å². The second kappa shape index (κ2) is 9.23. The van der Waals surface area contributed by atoms with Gasteiger partial charge in [0.05, 0.1) is 32.0 Å². The van der Waals surface area contributed by atoms with E-state index in [9.17, 15) is 19.7 Å². The number of rotatable bonds is 4. The number of esters is 2. The number of pyridine rings is 1. The molecule has 1 heterocycles. The molecule has 21 heavy (non-hydrogen) atoms. The zero-order chi connectivity index (χ0) is 16.4. The summed E-state index contributed by atoms with van der Waals surface area (Å²) in [4.78, 5) is 34.2. The number of carbonyl (C=O) groups excluding carboxylic acids is 2. The van der Waals surface area contributed by atoms with Crippen LogP contribution in [0.4, 0.5) is 11.5 Å². The van der Waals surface area contributed by atoms with Crippen LogP contribution in [0.15, 0.2) is 12.1 Å². The van der Waals surface area contributed by atoms with Crippen LogP contribution in [-0.4, -0.2) is 36.1 Å². The lowest BCUT2D eigenvalue weighted by molar-refractivity contribution is -0.384. The van der Waals surface area contributed by atoms with Crippen molar-refractivity contribution in [2.24, 2.45) is 0 Å². The third-order valence-electron chi connectivity index (χ3n) is 2.23. The molecule has 0 aromatic carbocycles. The molecule has 0 bridgehead atoms. The van der Waals surface area contributed by atoms with Crippen molar-refractivity contribution < 1.29 is 24.0 Å². The van der Waals surface area contributed by atoms with Crippen LogP contribution in [0.3, 0.4) is 0 Å². The molecule has 0 atom stereocenters. The van der Waals surface area contributed by atoms with E-state index < -0.39 is 16.9 Å². The SMILES string of the molecule is COC(=O)CCC(=O)OC.Cc1ccc([N+](=O)[O-])c(N)n1. The van der Waals surface area contributed by atoms with Gasteiger partial charge in [0.15, 0.2) is 0 Å². The number of methoxy groups -OCH3 is 2. The lowest BCUT2D eigenvalue weighted by Crippen LogP contribution is -2.06. The molecule has 0 saturated heterocycles. The Kier molecular flexibility index (Phi) is 8.04. The first-order valence-corrected chi connectivity index (χ1v) is 5.83. The minimum Gasteiger partial charge on any atom is -0.469 e. The van der Waals surface area contributed by atoms with Gasteiger partial charge in [-0.15, -0.1) is 0 Å². The Hall–Kier alpha value is -2.71. The number of nitrogen functional groups attached to an aromatic ring is 1. The van der Waals surface area contributed by atoms with Crippen LogP contribution >= 0.6 is 0 Å². The zero-order valence-corrected chi connectivity index (χ0v) is 12.0. The molecule has 1 aromatic rings. The van der Waals surface area contributed by atoms with Crippen LogP contribution in [0, 0.1) is 17.0 Å². The highest BCUT2D eigenvalue weighted by Crippen LogP contribution is 2.17. The minimum atomic E-state index is -0.554. The Morgan fingerprint density at radius 2 is 1.71 bits per heavy atom. The van der Waals surface area contributed by atoms with Gasteiger partial charge in [0.25, 0.3) is 0 Å². The molecule has 1 aromatic heterocycles. The van der Waals surface area contributed by atoms with Crippen LogP contribution in [0.25, 0.3) is 0 Å². The van der Waals surface area contributed by atoms with Crippen molar-refractivity contribution in [2.45, 2.75) is 19.8 Å². The molecule has 9 nitrogen and oxygen atoms in total. The van der Waals surface area contributed by atoms with Crippen molar-refractivity contribution in [3.05, 3.63) is 27.9 Å². The summed E-state index contributed by atoms with van der Waals surface area (Å²) in [6, 6.07) is 2.90. The second-order valence-corrected chi connectivity index (χ2v) is 3.77. The number of hydrogen-bond donors (Lipinski definition) is 1. The van der Waals surface area contributed by atoms with E-state index in [0.717, 1.165) is 0 Å². The molecule has 9 heteroatoms. The van der Waals surface area contributed by atoms with Crippen molar-refractivity contribution in [1.29, 1.82) is 0 Å². The summed E-state index contributed by atoms with van der Waals surface area (Å²) in [6.07, 6.45) is 0.173. The van der Waals surface area contributed by atoms with Gasteiger partial charge in [-0.3, -0.25) is 19.7 Å². The van der Waals surface area contributed by atoms with E-state index in [4.69, 9.17) is 5.73 Å². The van der Waals surface area contributed by atoms with Crippen molar-refractivity contribution in [3.8, 4) is 0 Å². The van der Waals surface area contributed by atoms with Crippen LogP contribution in [0.1, 0.15) is 18.5 Å². The first-order valence-electron chi connectivity index (χ1n) is 5.83. The minimum absolute atomic E-state index is 0.0324. The largest absolute Gasteiger partial charge is 0.469 e. The first kappa shape index (κ1) is 18.3. The van der Waals surface area contributed by atoms with Gasteiger partial charge in [0.1, 0.15) is 0 Å². The van der Waals surface area contributed by atoms with Gasteiger partial charge in [-0.2, -0.15) is 0 Å². The summed E-state index contributed by atoms with van der Waals surface area (Å²) in [7, 11) is 2.55. The molecule has 0 saturated carbocycles. The standard InChI is InChI=1S/C6H7N3O2.C6H10O4/c1-4-2-3-5(9(10)11)6(7)8-4;1-9-5(7)3-4-6(8)10-2/h2-3H,1H3,(H2,7,8);3-4H2,1-2H3. The topological polar surface area (TPSA) is 135 Å². The Balaban J connectivity index is 0.000000384. The highest BCUT2D eigenvalue weighted by molar-refractivity contribution is 5.77. The van der Waals surface area contributed by atoms with Crippen molar-refractivity contribution in [1.82, 2.24) is 4.98 Å². The average Bonchev–Trinajstić information content (AvgIpc) is 2.44. The lowest BCUT2D eigenvalue weighted by Gasteiger charge is -1.96. The molecule has 0 spiro atoms. The Bertz CT molecular complexity index is 502. The summed E-state index contributed by atoms with van der Waals surface area (Å²) in [5, 5.41) is 10.2. The second-order valence-electron chi connectivity index (χ2n) is 3.77. The molecule has 2 N–H and O–H groups in total. The van der Waals surface area contributed by atoms with E-state index in [1.54, 1.807) is 13.0 Å². The van der Waals surface area contributed by atoms with Crippen LogP contribution in [0.2, 0.25) is 0 Å². The third kappa shape index (κ3) is 7.45. The molecule has 1 rings (SSSR count). The smallest absolute Gasteiger partial charge is 0.311 e. The number of nitrogens with zero attached hydrogens (tertiary/aromatic N) is 2. The monoisotopic (exact) mass is 299 g/mol. The van der Waals surface area contributed by atoms with Gasteiger partial charge in [-0.05, 0) is 13.0 Å². The van der Waals surface area contributed by atoms with E-state index in [1.807, 2.05) is 0 Å². The molecule has 0 aliphatic rings. The molecule has 0 amide bonds. The Labute approximate surface area is 121 Å². The molecule has 0 radical (unpaired) electrons. The molecule has 0 fully saturated rings. The molecule has 0 aliphatic heterocycles. The summed E-state index contributed by atoms with van der Waals surface area (Å²) in [5.74, 6) is -0.828. The lowest BCUT2D eigenvalue weighted by atomic mass is 10.3. The van der Waals surface area contributed by atoms with Gasteiger partial charge >= 0.3 is 17.6 Å². The van der Waals surface area contributed by atoms with Crippen molar-refractivity contribution >= 4 is 23.4 Å². The van der Waals surface area contributed by atoms with Gasteiger partial charge in [0.2, 0.25) is 5.82 Å². The van der Waals surface area contributed by atoms with E-state index in [2.05, 4.69) is 14.5 Å². The number of nitro groups is 1. The summed E-state index contributed by atoms with van der Waals surface area (Å²) < 4.78 is 8.60. The summed E-state index contributed by atoms with van der Waals surface area (Å²) in [6.45, 7) is 1.72. The Morgan fingerprint density at radius 3 is 2.05 bits per heavy atom.